The first-order valence-electron chi connectivity index (χ1n) is 7.63. The molecule has 3 N–H and O–H groups in total. The second-order valence-electron chi connectivity index (χ2n) is 5.80. The van der Waals surface area contributed by atoms with E-state index >= 15 is 0 Å². The maximum Gasteiger partial charge on any atom is 0.163 e. The number of aliphatic hydroxyl groups is 1. The van der Waals surface area contributed by atoms with Crippen molar-refractivity contribution in [1.29, 1.82) is 0 Å². The minimum atomic E-state index is -0.871. The van der Waals surface area contributed by atoms with E-state index in [1.165, 1.54) is 26.0 Å². The molecule has 0 aromatic heterocycles. The fraction of sp³-hybridized carbons (Fsp3) is 0.263. The molecular formula is C19H20O5. The quantitative estimate of drug-likeness (QED) is 0.709. The number of ketones is 2. The Morgan fingerprint density at radius 2 is 1.21 bits per heavy atom. The van der Waals surface area contributed by atoms with E-state index in [1.807, 2.05) is 0 Å². The van der Waals surface area contributed by atoms with Gasteiger partial charge < -0.3 is 15.3 Å². The molecule has 0 atom stereocenters. The second-order valence-corrected chi connectivity index (χ2v) is 5.80. The molecule has 0 amide bonds. The van der Waals surface area contributed by atoms with E-state index in [9.17, 15) is 24.9 Å². The third-order valence-corrected chi connectivity index (χ3v) is 3.87. The topological polar surface area (TPSA) is 94.8 Å². The molecule has 126 valence electrons. The zero-order chi connectivity index (χ0) is 17.9. The third-order valence-electron chi connectivity index (χ3n) is 3.87. The fourth-order valence-electron chi connectivity index (χ4n) is 2.91. The summed E-state index contributed by atoms with van der Waals surface area (Å²) in [5, 5.41) is 30.0. The summed E-state index contributed by atoms with van der Waals surface area (Å²) >= 11 is 0. The molecule has 0 spiro atoms. The highest BCUT2D eigenvalue weighted by Gasteiger charge is 2.19. The summed E-state index contributed by atoms with van der Waals surface area (Å²) in [6.45, 7) is 2.71. The van der Waals surface area contributed by atoms with Gasteiger partial charge in [-0.3, -0.25) is 9.59 Å². The Hall–Kier alpha value is -2.66. The van der Waals surface area contributed by atoms with E-state index < -0.39 is 6.10 Å². The van der Waals surface area contributed by atoms with Crippen LogP contribution in [0, 0.1) is 0 Å². The molecule has 24 heavy (non-hydrogen) atoms. The third kappa shape index (κ3) is 3.81. The summed E-state index contributed by atoms with van der Waals surface area (Å²) in [5.74, 6) is -0.794. The highest BCUT2D eigenvalue weighted by atomic mass is 16.3. The lowest BCUT2D eigenvalue weighted by Gasteiger charge is -2.16. The van der Waals surface area contributed by atoms with E-state index in [0.29, 0.717) is 11.1 Å². The molecule has 0 saturated carbocycles. The van der Waals surface area contributed by atoms with Crippen LogP contribution in [0.1, 0.15) is 45.7 Å². The number of benzene rings is 2. The van der Waals surface area contributed by atoms with Gasteiger partial charge in [-0.05, 0) is 49.9 Å². The number of hydrogen-bond acceptors (Lipinski definition) is 5. The van der Waals surface area contributed by atoms with Crippen molar-refractivity contribution < 1.29 is 24.9 Å². The number of carbonyl (C=O) groups excluding carboxylic acids is 2. The zero-order valence-corrected chi connectivity index (χ0v) is 13.6. The van der Waals surface area contributed by atoms with Crippen molar-refractivity contribution in [2.45, 2.75) is 32.8 Å². The molecule has 0 unspecified atom stereocenters. The van der Waals surface area contributed by atoms with Gasteiger partial charge in [0.05, 0.1) is 17.2 Å². The number of phenolic OH excluding ortho intramolecular Hbond substituents is 2. The summed E-state index contributed by atoms with van der Waals surface area (Å²) in [7, 11) is 0. The van der Waals surface area contributed by atoms with Gasteiger partial charge in [0.1, 0.15) is 11.5 Å². The Morgan fingerprint density at radius 1 is 0.833 bits per heavy atom. The molecule has 0 bridgehead atoms. The molecule has 2 aromatic carbocycles. The van der Waals surface area contributed by atoms with Crippen molar-refractivity contribution in [3.63, 3.8) is 0 Å². The minimum Gasteiger partial charge on any atom is -0.507 e. The van der Waals surface area contributed by atoms with Crippen LogP contribution < -0.4 is 0 Å². The molecule has 0 fully saturated rings. The van der Waals surface area contributed by atoms with Crippen molar-refractivity contribution in [3.8, 4) is 11.5 Å². The minimum absolute atomic E-state index is 0.117. The lowest BCUT2D eigenvalue weighted by molar-refractivity contribution is 0.100. The van der Waals surface area contributed by atoms with Crippen LogP contribution in [-0.4, -0.2) is 33.0 Å². The van der Waals surface area contributed by atoms with Gasteiger partial charge in [0.2, 0.25) is 0 Å². The number of rotatable bonds is 6. The maximum atomic E-state index is 11.7. The Morgan fingerprint density at radius 3 is 1.54 bits per heavy atom. The molecule has 0 heterocycles. The molecule has 0 aliphatic carbocycles. The van der Waals surface area contributed by atoms with Crippen LogP contribution in [0.2, 0.25) is 0 Å². The van der Waals surface area contributed by atoms with Gasteiger partial charge in [0, 0.05) is 0 Å². The summed E-state index contributed by atoms with van der Waals surface area (Å²) in [4.78, 5) is 23.4. The van der Waals surface area contributed by atoms with Crippen LogP contribution in [0.3, 0.4) is 0 Å². The van der Waals surface area contributed by atoms with E-state index in [4.69, 9.17) is 0 Å². The average Bonchev–Trinajstić information content (AvgIpc) is 2.46. The van der Waals surface area contributed by atoms with Crippen molar-refractivity contribution >= 4 is 11.6 Å². The maximum absolute atomic E-state index is 11.7. The predicted octanol–water partition coefficient (Wildman–Crippen LogP) is 2.65. The molecule has 0 aliphatic rings. The number of aromatic hydroxyl groups is 2. The largest absolute Gasteiger partial charge is 0.507 e. The average molecular weight is 328 g/mol. The highest BCUT2D eigenvalue weighted by Crippen LogP contribution is 2.26. The first kappa shape index (κ1) is 17.7. The Labute approximate surface area is 140 Å². The van der Waals surface area contributed by atoms with Gasteiger partial charge in [0.25, 0.3) is 0 Å². The first-order chi connectivity index (χ1) is 11.3. The van der Waals surface area contributed by atoms with Crippen molar-refractivity contribution in [1.82, 2.24) is 0 Å². The van der Waals surface area contributed by atoms with E-state index in [0.717, 1.165) is 0 Å². The number of hydrogen-bond donors (Lipinski definition) is 3. The van der Waals surface area contributed by atoms with E-state index in [2.05, 4.69) is 0 Å². The lowest BCUT2D eigenvalue weighted by atomic mass is 9.93. The summed E-state index contributed by atoms with van der Waals surface area (Å²) in [6.07, 6.45) is -0.572. The van der Waals surface area contributed by atoms with Gasteiger partial charge >= 0.3 is 0 Å². The summed E-state index contributed by atoms with van der Waals surface area (Å²) < 4.78 is 0. The number of carbonyl (C=O) groups is 2. The van der Waals surface area contributed by atoms with Gasteiger partial charge in [-0.25, -0.2) is 0 Å². The van der Waals surface area contributed by atoms with E-state index in [-0.39, 0.29) is 47.0 Å². The van der Waals surface area contributed by atoms with Crippen molar-refractivity contribution in [2.24, 2.45) is 0 Å². The van der Waals surface area contributed by atoms with Crippen LogP contribution in [0.4, 0.5) is 0 Å². The normalized spacial score (nSPS) is 10.8. The van der Waals surface area contributed by atoms with Crippen molar-refractivity contribution in [2.75, 3.05) is 0 Å². The second kappa shape index (κ2) is 7.27. The van der Waals surface area contributed by atoms with Crippen LogP contribution in [0.15, 0.2) is 36.4 Å². The molecular weight excluding hydrogens is 308 g/mol. The zero-order valence-electron chi connectivity index (χ0n) is 13.6. The Balaban J connectivity index is 2.26. The van der Waals surface area contributed by atoms with Crippen LogP contribution >= 0.6 is 0 Å². The fourth-order valence-corrected chi connectivity index (χ4v) is 2.91. The standard InChI is InChI=1S/C19H20O5/c1-11(20)18-13(5-3-7-16(18)23)9-15(22)10-14-6-4-8-17(24)19(14)12(2)21/h3-8,15,22-24H,9-10H2,1-2H3. The Kier molecular flexibility index (Phi) is 5.36. The summed E-state index contributed by atoms with van der Waals surface area (Å²) in [6, 6.07) is 9.42. The lowest BCUT2D eigenvalue weighted by Crippen LogP contribution is -2.17. The van der Waals surface area contributed by atoms with Crippen LogP contribution in [0.25, 0.3) is 0 Å². The SMILES string of the molecule is CC(=O)c1c(O)cccc1CC(O)Cc1cccc(O)c1C(C)=O. The molecule has 5 heteroatoms. The molecule has 0 saturated heterocycles. The monoisotopic (exact) mass is 328 g/mol. The number of phenols is 2. The predicted molar refractivity (Wildman–Crippen MR) is 89.6 cm³/mol. The number of aliphatic hydroxyl groups excluding tert-OH is 1. The molecule has 2 aromatic rings. The Bertz CT molecular complexity index is 714. The number of Topliss-reactive ketones (excluding diaryl/α,β-unsaturated/α-hetero) is 2. The van der Waals surface area contributed by atoms with E-state index in [1.54, 1.807) is 24.3 Å². The van der Waals surface area contributed by atoms with Crippen LogP contribution in [0.5, 0.6) is 11.5 Å². The molecule has 5 nitrogen and oxygen atoms in total. The first-order valence-corrected chi connectivity index (χ1v) is 7.63. The molecule has 2 rings (SSSR count). The highest BCUT2D eigenvalue weighted by molar-refractivity contribution is 5.98. The smallest absolute Gasteiger partial charge is 0.163 e. The molecule has 0 radical (unpaired) electrons. The summed E-state index contributed by atoms with van der Waals surface area (Å²) in [5.41, 5.74) is 1.47. The van der Waals surface area contributed by atoms with Gasteiger partial charge in [-0.1, -0.05) is 24.3 Å². The van der Waals surface area contributed by atoms with Gasteiger partial charge in [-0.2, -0.15) is 0 Å². The van der Waals surface area contributed by atoms with Crippen molar-refractivity contribution in [3.05, 3.63) is 58.7 Å². The van der Waals surface area contributed by atoms with Crippen LogP contribution in [-0.2, 0) is 12.8 Å². The molecule has 0 aliphatic heterocycles. The van der Waals surface area contributed by atoms with Gasteiger partial charge in [0.15, 0.2) is 11.6 Å². The van der Waals surface area contributed by atoms with Gasteiger partial charge in [-0.15, -0.1) is 0 Å².